The first kappa shape index (κ1) is 23.4. The van der Waals surface area contributed by atoms with Crippen LogP contribution in [0.2, 0.25) is 0 Å². The lowest BCUT2D eigenvalue weighted by atomic mass is 9.90. The highest BCUT2D eigenvalue weighted by Gasteiger charge is 2.47. The summed E-state index contributed by atoms with van der Waals surface area (Å²) >= 11 is 0. The summed E-state index contributed by atoms with van der Waals surface area (Å²) in [4.78, 5) is 27.5. The van der Waals surface area contributed by atoms with E-state index < -0.39 is 11.6 Å². The Morgan fingerprint density at radius 2 is 1.85 bits per heavy atom. The van der Waals surface area contributed by atoms with Gasteiger partial charge in [0, 0.05) is 43.7 Å². The number of carboxylic acids is 1. The quantitative estimate of drug-likeness (QED) is 0.521. The monoisotopic (exact) mass is 454 g/mol. The second-order valence-corrected chi connectivity index (χ2v) is 10.2. The van der Waals surface area contributed by atoms with E-state index in [9.17, 15) is 9.59 Å². The Morgan fingerprint density at radius 1 is 1.12 bits per heavy atom. The zero-order valence-electron chi connectivity index (χ0n) is 20.0. The zero-order valence-corrected chi connectivity index (χ0v) is 20.0. The number of aryl methyl sites for hydroxylation is 1. The Balaban J connectivity index is 1.34. The lowest BCUT2D eigenvalue weighted by Crippen LogP contribution is -2.46. The highest BCUT2D eigenvalue weighted by molar-refractivity contribution is 5.86. The normalized spacial score (nSPS) is 22.7. The molecule has 1 spiro atoms. The summed E-state index contributed by atoms with van der Waals surface area (Å²) in [5.41, 5.74) is 2.93. The first-order valence-corrected chi connectivity index (χ1v) is 11.7. The Bertz CT molecular complexity index is 1000. The van der Waals surface area contributed by atoms with Crippen LogP contribution >= 0.6 is 0 Å². The molecule has 2 fully saturated rings. The van der Waals surface area contributed by atoms with E-state index in [1.165, 1.54) is 24.1 Å². The van der Waals surface area contributed by atoms with Crippen LogP contribution in [0.5, 0.6) is 5.75 Å². The van der Waals surface area contributed by atoms with E-state index >= 15 is 0 Å². The van der Waals surface area contributed by atoms with Crippen LogP contribution in [0.1, 0.15) is 58.1 Å². The molecule has 7 heteroatoms. The molecule has 0 atom stereocenters. The first-order valence-electron chi connectivity index (χ1n) is 11.7. The summed E-state index contributed by atoms with van der Waals surface area (Å²) in [7, 11) is 0. The number of carbonyl (C=O) groups is 2. The van der Waals surface area contributed by atoms with Gasteiger partial charge in [-0.15, -0.1) is 0 Å². The van der Waals surface area contributed by atoms with Crippen molar-refractivity contribution in [1.29, 1.82) is 0 Å². The second kappa shape index (κ2) is 8.86. The topological polar surface area (TPSA) is 79.3 Å². The summed E-state index contributed by atoms with van der Waals surface area (Å²) in [5, 5.41) is 9.01. The highest BCUT2D eigenvalue weighted by Crippen LogP contribution is 2.36. The number of piperidine rings is 1. The molecule has 0 unspecified atom stereocenters. The van der Waals surface area contributed by atoms with Gasteiger partial charge >= 0.3 is 12.1 Å². The van der Waals surface area contributed by atoms with Crippen LogP contribution in [0.4, 0.5) is 4.79 Å². The fourth-order valence-electron chi connectivity index (χ4n) is 4.75. The van der Waals surface area contributed by atoms with Crippen molar-refractivity contribution < 1.29 is 24.2 Å². The van der Waals surface area contributed by atoms with Crippen molar-refractivity contribution in [3.63, 3.8) is 0 Å². The lowest BCUT2D eigenvalue weighted by molar-refractivity contribution is -0.132. The van der Waals surface area contributed by atoms with E-state index in [1.807, 2.05) is 6.92 Å². The predicted molar refractivity (Wildman–Crippen MR) is 125 cm³/mol. The summed E-state index contributed by atoms with van der Waals surface area (Å²) in [5.74, 6) is 0.0320. The molecule has 4 rings (SSSR count). The van der Waals surface area contributed by atoms with Gasteiger partial charge < -0.3 is 14.6 Å². The van der Waals surface area contributed by atoms with Gasteiger partial charge in [-0.2, -0.15) is 0 Å². The number of rotatable bonds is 5. The maximum atomic E-state index is 12.5. The number of fused-ring (bicyclic) bond motifs is 1. The summed E-state index contributed by atoms with van der Waals surface area (Å²) in [6, 6.07) is 6.53. The molecule has 2 saturated heterocycles. The van der Waals surface area contributed by atoms with Gasteiger partial charge in [0.05, 0.1) is 6.54 Å². The van der Waals surface area contributed by atoms with Gasteiger partial charge in [-0.1, -0.05) is 18.2 Å². The van der Waals surface area contributed by atoms with Gasteiger partial charge in [0.2, 0.25) is 0 Å². The molecule has 7 nitrogen and oxygen atoms in total. The second-order valence-electron chi connectivity index (χ2n) is 10.2. The first-order chi connectivity index (χ1) is 15.6. The summed E-state index contributed by atoms with van der Waals surface area (Å²) in [6.07, 6.45) is 6.47. The van der Waals surface area contributed by atoms with Gasteiger partial charge in [0.25, 0.3) is 0 Å². The SMILES string of the molecule is CC(=CC=C(C)N1CC2(CCN(Cc3ccc4c(c3)CCC(C)(C)O4)CC2)OC1=O)C(=O)O. The van der Waals surface area contributed by atoms with E-state index in [2.05, 4.69) is 36.9 Å². The molecule has 1 N–H and O–H groups in total. The number of aliphatic carboxylic acids is 1. The predicted octanol–water partition coefficient (Wildman–Crippen LogP) is 4.51. The van der Waals surface area contributed by atoms with Crippen molar-refractivity contribution in [2.75, 3.05) is 19.6 Å². The molecule has 33 heavy (non-hydrogen) atoms. The molecule has 0 saturated carbocycles. The summed E-state index contributed by atoms with van der Waals surface area (Å²) < 4.78 is 11.9. The van der Waals surface area contributed by atoms with Crippen molar-refractivity contribution in [2.24, 2.45) is 0 Å². The van der Waals surface area contributed by atoms with Crippen molar-refractivity contribution in [2.45, 2.75) is 71.1 Å². The zero-order chi connectivity index (χ0) is 23.8. The van der Waals surface area contributed by atoms with Crippen LogP contribution in [0.3, 0.4) is 0 Å². The molecule has 1 amide bonds. The van der Waals surface area contributed by atoms with Crippen LogP contribution in [-0.4, -0.2) is 57.8 Å². The van der Waals surface area contributed by atoms with E-state index in [4.69, 9.17) is 14.6 Å². The molecule has 3 aliphatic rings. The molecule has 1 aromatic rings. The molecular weight excluding hydrogens is 420 g/mol. The number of carbonyl (C=O) groups excluding carboxylic acids is 1. The van der Waals surface area contributed by atoms with Crippen molar-refractivity contribution >= 4 is 12.1 Å². The van der Waals surface area contributed by atoms with Gasteiger partial charge in [-0.25, -0.2) is 9.59 Å². The largest absolute Gasteiger partial charge is 0.488 e. The molecule has 0 aromatic heterocycles. The van der Waals surface area contributed by atoms with Gasteiger partial charge in [-0.3, -0.25) is 9.80 Å². The number of benzene rings is 1. The molecule has 3 aliphatic heterocycles. The minimum Gasteiger partial charge on any atom is -0.488 e. The smallest absolute Gasteiger partial charge is 0.414 e. The third kappa shape index (κ3) is 5.24. The average molecular weight is 455 g/mol. The molecular formula is C26H34N2O5. The number of hydrogen-bond donors (Lipinski definition) is 1. The third-order valence-electron chi connectivity index (χ3n) is 6.99. The standard InChI is InChI=1S/C26H34N2O5/c1-18(23(29)30)5-6-19(2)28-17-26(33-24(28)31)11-13-27(14-12-26)16-20-7-8-22-21(15-20)9-10-25(3,4)32-22/h5-8,15H,9-14,16-17H2,1-4H3,(H,29,30). The van der Waals surface area contributed by atoms with E-state index in [0.717, 1.165) is 51.1 Å². The van der Waals surface area contributed by atoms with Crippen LogP contribution in [0.15, 0.2) is 41.6 Å². The number of hydrogen-bond acceptors (Lipinski definition) is 5. The van der Waals surface area contributed by atoms with E-state index in [1.54, 1.807) is 11.0 Å². The number of likely N-dealkylation sites (tertiary alicyclic amines) is 1. The lowest BCUT2D eigenvalue weighted by Gasteiger charge is -2.37. The minimum atomic E-state index is -0.970. The number of ether oxygens (including phenoxy) is 2. The molecule has 0 bridgehead atoms. The number of nitrogens with zero attached hydrogens (tertiary/aromatic N) is 2. The summed E-state index contributed by atoms with van der Waals surface area (Å²) in [6.45, 7) is 10.7. The highest BCUT2D eigenvalue weighted by atomic mass is 16.6. The molecule has 0 aliphatic carbocycles. The van der Waals surface area contributed by atoms with Crippen LogP contribution in [0, 0.1) is 0 Å². The number of amides is 1. The fourth-order valence-corrected chi connectivity index (χ4v) is 4.75. The molecule has 3 heterocycles. The average Bonchev–Trinajstić information content (AvgIpc) is 3.09. The Labute approximate surface area is 195 Å². The minimum absolute atomic E-state index is 0.0960. The molecule has 0 radical (unpaired) electrons. The van der Waals surface area contributed by atoms with Crippen LogP contribution in [-0.2, 0) is 22.5 Å². The van der Waals surface area contributed by atoms with Crippen LogP contribution < -0.4 is 4.74 Å². The Morgan fingerprint density at radius 3 is 2.55 bits per heavy atom. The van der Waals surface area contributed by atoms with Gasteiger partial charge in [0.1, 0.15) is 17.0 Å². The maximum Gasteiger partial charge on any atom is 0.414 e. The number of carboxylic acid groups (broad SMARTS) is 1. The van der Waals surface area contributed by atoms with Crippen molar-refractivity contribution in [3.05, 3.63) is 52.7 Å². The van der Waals surface area contributed by atoms with Gasteiger partial charge in [-0.05, 0) is 63.8 Å². The van der Waals surface area contributed by atoms with Crippen LogP contribution in [0.25, 0.3) is 0 Å². The Hall–Kier alpha value is -2.80. The van der Waals surface area contributed by atoms with E-state index in [-0.39, 0.29) is 17.3 Å². The van der Waals surface area contributed by atoms with Crippen molar-refractivity contribution in [1.82, 2.24) is 9.80 Å². The third-order valence-corrected chi connectivity index (χ3v) is 6.99. The Kier molecular flexibility index (Phi) is 6.27. The van der Waals surface area contributed by atoms with Gasteiger partial charge in [0.15, 0.2) is 0 Å². The molecule has 178 valence electrons. The number of allylic oxidation sites excluding steroid dienone is 3. The molecule has 1 aromatic carbocycles. The maximum absolute atomic E-state index is 12.5. The van der Waals surface area contributed by atoms with Crippen molar-refractivity contribution in [3.8, 4) is 5.75 Å². The fraction of sp³-hybridized carbons (Fsp3) is 0.538. The van der Waals surface area contributed by atoms with E-state index in [0.29, 0.717) is 12.2 Å².